The van der Waals surface area contributed by atoms with E-state index >= 15 is 0 Å². The molecule has 0 saturated heterocycles. The summed E-state index contributed by atoms with van der Waals surface area (Å²) >= 11 is 6.03. The number of hydrogen-bond acceptors (Lipinski definition) is 5. The summed E-state index contributed by atoms with van der Waals surface area (Å²) in [6.45, 7) is 4.02. The molecule has 1 amide bonds. The average Bonchev–Trinajstić information content (AvgIpc) is 2.70. The summed E-state index contributed by atoms with van der Waals surface area (Å²) in [5, 5.41) is 6.57. The van der Waals surface area contributed by atoms with Crippen molar-refractivity contribution in [2.45, 2.75) is 20.3 Å². The molecule has 0 aliphatic heterocycles. The van der Waals surface area contributed by atoms with E-state index in [9.17, 15) is 4.79 Å². The summed E-state index contributed by atoms with van der Waals surface area (Å²) in [7, 11) is 1.57. The predicted octanol–water partition coefficient (Wildman–Crippen LogP) is 5.01. The summed E-state index contributed by atoms with van der Waals surface area (Å²) in [5.41, 5.74) is 3.94. The van der Waals surface area contributed by atoms with Crippen LogP contribution in [0.3, 0.4) is 0 Å². The molecule has 3 aromatic rings. The minimum atomic E-state index is -0.254. The highest BCUT2D eigenvalue weighted by Crippen LogP contribution is 2.29. The van der Waals surface area contributed by atoms with Crippen LogP contribution in [-0.2, 0) is 6.42 Å². The van der Waals surface area contributed by atoms with E-state index in [4.69, 9.17) is 16.3 Å². The quantitative estimate of drug-likeness (QED) is 0.612. The lowest BCUT2D eigenvalue weighted by molar-refractivity contribution is 0.102. The molecule has 1 aromatic heterocycles. The minimum Gasteiger partial charge on any atom is -0.495 e. The number of ether oxygens (including phenoxy) is 1. The molecule has 0 unspecified atom stereocenters. The van der Waals surface area contributed by atoms with Gasteiger partial charge in [0.05, 0.1) is 18.4 Å². The summed E-state index contributed by atoms with van der Waals surface area (Å²) in [5.74, 6) is 0.694. The van der Waals surface area contributed by atoms with E-state index in [1.165, 1.54) is 12.4 Å². The van der Waals surface area contributed by atoms with E-state index in [1.807, 2.05) is 25.1 Å². The van der Waals surface area contributed by atoms with Crippen molar-refractivity contribution in [2.75, 3.05) is 17.7 Å². The Bertz CT molecular complexity index is 990. The van der Waals surface area contributed by atoms with E-state index in [1.54, 1.807) is 25.3 Å². The van der Waals surface area contributed by atoms with Gasteiger partial charge in [0.15, 0.2) is 0 Å². The van der Waals surface area contributed by atoms with Crippen LogP contribution < -0.4 is 15.4 Å². The Morgan fingerprint density at radius 1 is 1.18 bits per heavy atom. The lowest BCUT2D eigenvalue weighted by Gasteiger charge is -2.13. The number of nitrogens with one attached hydrogen (secondary N) is 2. The summed E-state index contributed by atoms with van der Waals surface area (Å²) < 4.78 is 5.29. The van der Waals surface area contributed by atoms with Crippen molar-refractivity contribution in [2.24, 2.45) is 0 Å². The van der Waals surface area contributed by atoms with E-state index in [2.05, 4.69) is 27.5 Å². The van der Waals surface area contributed by atoms with Crippen LogP contribution in [0.4, 0.5) is 17.3 Å². The molecule has 28 heavy (non-hydrogen) atoms. The van der Waals surface area contributed by atoms with Crippen LogP contribution in [0.15, 0.2) is 48.8 Å². The maximum Gasteiger partial charge on any atom is 0.258 e. The number of halogens is 1. The molecule has 0 bridgehead atoms. The highest BCUT2D eigenvalue weighted by atomic mass is 35.5. The van der Waals surface area contributed by atoms with Gasteiger partial charge in [-0.3, -0.25) is 4.79 Å². The number of aromatic nitrogens is 2. The number of anilines is 3. The zero-order valence-electron chi connectivity index (χ0n) is 15.9. The fourth-order valence-electron chi connectivity index (χ4n) is 2.80. The molecule has 0 aliphatic rings. The molecule has 0 atom stereocenters. The number of methoxy groups -OCH3 is 1. The third-order valence-corrected chi connectivity index (χ3v) is 4.54. The largest absolute Gasteiger partial charge is 0.495 e. The van der Waals surface area contributed by atoms with E-state index in [0.29, 0.717) is 28.0 Å². The van der Waals surface area contributed by atoms with Gasteiger partial charge in [-0.2, -0.15) is 0 Å². The maximum atomic E-state index is 12.6. The van der Waals surface area contributed by atoms with Crippen molar-refractivity contribution in [1.82, 2.24) is 9.97 Å². The van der Waals surface area contributed by atoms with Crippen LogP contribution in [-0.4, -0.2) is 23.0 Å². The van der Waals surface area contributed by atoms with E-state index in [-0.39, 0.29) is 5.91 Å². The van der Waals surface area contributed by atoms with Gasteiger partial charge in [-0.25, -0.2) is 9.97 Å². The molecule has 7 heteroatoms. The van der Waals surface area contributed by atoms with Crippen molar-refractivity contribution in [3.8, 4) is 5.75 Å². The number of aryl methyl sites for hydroxylation is 2. The molecule has 144 valence electrons. The SMILES string of the molecule is CCc1cccc(C)c1NC(=O)c1cnc(Nc2cc(Cl)ccc2OC)nc1. The monoisotopic (exact) mass is 396 g/mol. The molecule has 2 aromatic carbocycles. The Kier molecular flexibility index (Phi) is 6.11. The van der Waals surface area contributed by atoms with Gasteiger partial charge in [0.1, 0.15) is 5.75 Å². The number of benzene rings is 2. The maximum absolute atomic E-state index is 12.6. The molecule has 0 fully saturated rings. The van der Waals surface area contributed by atoms with Crippen LogP contribution in [0, 0.1) is 6.92 Å². The fourth-order valence-corrected chi connectivity index (χ4v) is 2.97. The zero-order valence-corrected chi connectivity index (χ0v) is 16.7. The summed E-state index contributed by atoms with van der Waals surface area (Å²) in [4.78, 5) is 21.1. The number of hydrogen-bond donors (Lipinski definition) is 2. The molecular weight excluding hydrogens is 376 g/mol. The Labute approximate surface area is 168 Å². The molecule has 6 nitrogen and oxygen atoms in total. The van der Waals surface area contributed by atoms with Crippen molar-refractivity contribution in [3.05, 3.63) is 70.5 Å². The summed E-state index contributed by atoms with van der Waals surface area (Å²) in [6.07, 6.45) is 3.79. The normalized spacial score (nSPS) is 10.4. The second kappa shape index (κ2) is 8.71. The van der Waals surface area contributed by atoms with E-state index < -0.39 is 0 Å². The molecule has 0 spiro atoms. The first-order valence-electron chi connectivity index (χ1n) is 8.84. The third kappa shape index (κ3) is 4.40. The molecule has 0 saturated carbocycles. The Hall–Kier alpha value is -3.12. The number of nitrogens with zero attached hydrogens (tertiary/aromatic N) is 2. The number of para-hydroxylation sites is 1. The highest BCUT2D eigenvalue weighted by molar-refractivity contribution is 6.31. The van der Waals surface area contributed by atoms with Gasteiger partial charge in [-0.05, 0) is 42.7 Å². The lowest BCUT2D eigenvalue weighted by Crippen LogP contribution is -2.15. The number of carbonyl (C=O) groups is 1. The zero-order chi connectivity index (χ0) is 20.1. The van der Waals surface area contributed by atoms with Gasteiger partial charge in [0.25, 0.3) is 5.91 Å². The van der Waals surface area contributed by atoms with Crippen molar-refractivity contribution in [1.29, 1.82) is 0 Å². The Morgan fingerprint density at radius 3 is 2.61 bits per heavy atom. The minimum absolute atomic E-state index is 0.254. The molecule has 0 radical (unpaired) electrons. The topological polar surface area (TPSA) is 76.1 Å². The first-order valence-corrected chi connectivity index (χ1v) is 9.22. The molecule has 3 rings (SSSR count). The van der Waals surface area contributed by atoms with Gasteiger partial charge in [0, 0.05) is 23.1 Å². The van der Waals surface area contributed by atoms with Crippen LogP contribution in [0.2, 0.25) is 5.02 Å². The highest BCUT2D eigenvalue weighted by Gasteiger charge is 2.12. The smallest absolute Gasteiger partial charge is 0.258 e. The number of amides is 1. The van der Waals surface area contributed by atoms with Gasteiger partial charge in [-0.1, -0.05) is 36.7 Å². The number of rotatable bonds is 6. The van der Waals surface area contributed by atoms with Crippen molar-refractivity contribution in [3.63, 3.8) is 0 Å². The molecule has 2 N–H and O–H groups in total. The molecule has 0 aliphatic carbocycles. The molecular formula is C21H21ClN4O2. The second-order valence-corrected chi connectivity index (χ2v) is 6.62. The second-order valence-electron chi connectivity index (χ2n) is 6.18. The van der Waals surface area contributed by atoms with Crippen LogP contribution in [0.25, 0.3) is 0 Å². The standard InChI is InChI=1S/C21H21ClN4O2/c1-4-14-7-5-6-13(2)19(14)26-20(27)15-11-23-21(24-12-15)25-17-10-16(22)8-9-18(17)28-3/h5-12H,4H2,1-3H3,(H,26,27)(H,23,24,25). The van der Waals surface area contributed by atoms with Crippen molar-refractivity contribution < 1.29 is 9.53 Å². The van der Waals surface area contributed by atoms with E-state index in [0.717, 1.165) is 23.2 Å². The Morgan fingerprint density at radius 2 is 1.93 bits per heavy atom. The van der Waals surface area contributed by atoms with Crippen LogP contribution in [0.1, 0.15) is 28.4 Å². The predicted molar refractivity (Wildman–Crippen MR) is 112 cm³/mol. The summed E-state index contributed by atoms with van der Waals surface area (Å²) in [6, 6.07) is 11.2. The van der Waals surface area contributed by atoms with Gasteiger partial charge in [0.2, 0.25) is 5.95 Å². The lowest BCUT2D eigenvalue weighted by atomic mass is 10.1. The van der Waals surface area contributed by atoms with Gasteiger partial charge >= 0.3 is 0 Å². The van der Waals surface area contributed by atoms with Crippen LogP contribution in [0.5, 0.6) is 5.75 Å². The first-order chi connectivity index (χ1) is 13.5. The van der Waals surface area contributed by atoms with Gasteiger partial charge in [-0.15, -0.1) is 0 Å². The average molecular weight is 397 g/mol. The number of carbonyl (C=O) groups excluding carboxylic acids is 1. The van der Waals surface area contributed by atoms with Gasteiger partial charge < -0.3 is 15.4 Å². The Balaban J connectivity index is 1.76. The first kappa shape index (κ1) is 19.6. The fraction of sp³-hybridized carbons (Fsp3) is 0.190. The van der Waals surface area contributed by atoms with Crippen molar-refractivity contribution >= 4 is 34.8 Å². The third-order valence-electron chi connectivity index (χ3n) is 4.30. The molecule has 1 heterocycles. The van der Waals surface area contributed by atoms with Crippen LogP contribution >= 0.6 is 11.6 Å².